The number of carbonyl (C=O) groups is 1. The number of hydrogen-bond acceptors (Lipinski definition) is 5. The van der Waals surface area contributed by atoms with Crippen LogP contribution in [0.5, 0.6) is 5.88 Å². The number of aryl methyl sites for hydroxylation is 1. The zero-order valence-electron chi connectivity index (χ0n) is 15.6. The average Bonchev–Trinajstić information content (AvgIpc) is 3.16. The predicted octanol–water partition coefficient (Wildman–Crippen LogP) is 4.91. The second-order valence-electron chi connectivity index (χ2n) is 7.41. The Morgan fingerprint density at radius 3 is 2.77 bits per heavy atom. The molecule has 26 heavy (non-hydrogen) atoms. The topological polar surface area (TPSA) is 51.2 Å². The van der Waals surface area contributed by atoms with Crippen LogP contribution in [0.3, 0.4) is 0 Å². The maximum atomic E-state index is 12.2. The van der Waals surface area contributed by atoms with Gasteiger partial charge in [-0.2, -0.15) is 0 Å². The molecule has 2 heterocycles. The van der Waals surface area contributed by atoms with Crippen LogP contribution in [0.1, 0.15) is 63.4 Å². The van der Waals surface area contributed by atoms with E-state index in [-0.39, 0.29) is 12.0 Å². The molecule has 1 aliphatic heterocycles. The largest absolute Gasteiger partial charge is 0.474 e. The molecule has 6 heteroatoms. The number of carbonyl (C=O) groups excluding carboxylic acids is 1. The van der Waals surface area contributed by atoms with E-state index in [0.717, 1.165) is 42.9 Å². The average molecular weight is 395 g/mol. The quantitative estimate of drug-likeness (QED) is 0.501. The molecule has 0 bridgehead atoms. The number of rotatable bonds is 8. The molecule has 1 aromatic rings. The Hall–Kier alpha value is -0.880. The number of nitrogens with zero attached hydrogens (tertiary/aromatic N) is 1. The minimum absolute atomic E-state index is 0.222. The Labute approximate surface area is 165 Å². The van der Waals surface area contributed by atoms with E-state index >= 15 is 0 Å². The van der Waals surface area contributed by atoms with Crippen molar-refractivity contribution in [3.63, 3.8) is 0 Å². The molecular weight excluding hydrogens is 364 g/mol. The van der Waals surface area contributed by atoms with E-state index in [1.807, 2.05) is 46.8 Å². The monoisotopic (exact) mass is 394 g/mol. The first-order valence-corrected chi connectivity index (χ1v) is 12.2. The minimum atomic E-state index is 0.222. The highest BCUT2D eigenvalue weighted by atomic mass is 33.1. The van der Waals surface area contributed by atoms with Gasteiger partial charge in [-0.05, 0) is 57.4 Å². The van der Waals surface area contributed by atoms with Gasteiger partial charge in [-0.1, -0.05) is 34.1 Å². The van der Waals surface area contributed by atoms with E-state index in [4.69, 9.17) is 4.74 Å². The summed E-state index contributed by atoms with van der Waals surface area (Å²) in [6, 6.07) is 4.28. The molecule has 1 saturated carbocycles. The molecule has 1 saturated heterocycles. The highest BCUT2D eigenvalue weighted by molar-refractivity contribution is 8.77. The Balaban J connectivity index is 1.27. The summed E-state index contributed by atoms with van der Waals surface area (Å²) in [6.07, 6.45) is 11.5. The van der Waals surface area contributed by atoms with E-state index in [1.165, 1.54) is 25.0 Å². The van der Waals surface area contributed by atoms with Gasteiger partial charge in [-0.15, -0.1) is 0 Å². The molecule has 1 amide bonds. The Bertz CT molecular complexity index is 553. The van der Waals surface area contributed by atoms with Crippen LogP contribution in [0.15, 0.2) is 18.3 Å². The van der Waals surface area contributed by atoms with E-state index in [9.17, 15) is 4.79 Å². The summed E-state index contributed by atoms with van der Waals surface area (Å²) in [7, 11) is 4.02. The Morgan fingerprint density at radius 1 is 1.23 bits per heavy atom. The van der Waals surface area contributed by atoms with Gasteiger partial charge in [0.2, 0.25) is 11.8 Å². The van der Waals surface area contributed by atoms with E-state index in [2.05, 4.69) is 10.3 Å². The van der Waals surface area contributed by atoms with Crippen molar-refractivity contribution in [2.45, 2.75) is 82.1 Å². The van der Waals surface area contributed by atoms with Crippen LogP contribution in [0.25, 0.3) is 0 Å². The Morgan fingerprint density at radius 2 is 2.08 bits per heavy atom. The first-order chi connectivity index (χ1) is 12.7. The number of hydrogen-bond donors (Lipinski definition) is 1. The molecule has 1 unspecified atom stereocenters. The third kappa shape index (κ3) is 6.69. The molecule has 3 rings (SSSR count). The first kappa shape index (κ1) is 19.9. The molecule has 0 radical (unpaired) electrons. The first-order valence-electron chi connectivity index (χ1n) is 9.86. The number of unbranched alkanes of at least 4 members (excludes halogenated alkanes) is 1. The van der Waals surface area contributed by atoms with Crippen LogP contribution < -0.4 is 10.1 Å². The van der Waals surface area contributed by atoms with Crippen molar-refractivity contribution in [1.29, 1.82) is 0 Å². The Kier molecular flexibility index (Phi) is 7.99. The van der Waals surface area contributed by atoms with Crippen LogP contribution >= 0.6 is 21.6 Å². The maximum absolute atomic E-state index is 12.2. The van der Waals surface area contributed by atoms with Gasteiger partial charge in [-0.25, -0.2) is 4.98 Å². The number of ether oxygens (including phenoxy) is 1. The third-order valence-corrected chi connectivity index (χ3v) is 8.12. The third-order valence-electron chi connectivity index (χ3n) is 5.12. The zero-order valence-corrected chi connectivity index (χ0v) is 17.2. The van der Waals surface area contributed by atoms with Crippen molar-refractivity contribution in [2.75, 3.05) is 5.75 Å². The van der Waals surface area contributed by atoms with Crippen LogP contribution in [-0.4, -0.2) is 34.0 Å². The van der Waals surface area contributed by atoms with Crippen molar-refractivity contribution >= 4 is 27.5 Å². The van der Waals surface area contributed by atoms with Gasteiger partial charge in [0.25, 0.3) is 0 Å². The summed E-state index contributed by atoms with van der Waals surface area (Å²) in [5, 5.41) is 4.04. The van der Waals surface area contributed by atoms with Crippen molar-refractivity contribution < 1.29 is 9.53 Å². The highest BCUT2D eigenvalue weighted by Gasteiger charge is 2.24. The van der Waals surface area contributed by atoms with E-state index in [1.54, 1.807) is 0 Å². The molecule has 4 nitrogen and oxygen atoms in total. The van der Waals surface area contributed by atoms with E-state index in [0.29, 0.717) is 18.3 Å². The molecule has 144 valence electrons. The zero-order chi connectivity index (χ0) is 18.2. The van der Waals surface area contributed by atoms with Crippen LogP contribution in [0.4, 0.5) is 0 Å². The predicted molar refractivity (Wildman–Crippen MR) is 111 cm³/mol. The molecule has 1 atom stereocenters. The van der Waals surface area contributed by atoms with Crippen molar-refractivity contribution in [3.8, 4) is 5.88 Å². The van der Waals surface area contributed by atoms with Crippen LogP contribution in [0, 0.1) is 6.92 Å². The number of aromatic nitrogens is 1. The molecule has 0 spiro atoms. The fraction of sp³-hybridized carbons (Fsp3) is 0.700. The van der Waals surface area contributed by atoms with Gasteiger partial charge < -0.3 is 10.1 Å². The molecule has 1 N–H and O–H groups in total. The summed E-state index contributed by atoms with van der Waals surface area (Å²) in [6.45, 7) is 2.03. The number of amides is 1. The maximum Gasteiger partial charge on any atom is 0.220 e. The summed E-state index contributed by atoms with van der Waals surface area (Å²) in [5.41, 5.74) is 1.14. The summed E-state index contributed by atoms with van der Waals surface area (Å²) in [4.78, 5) is 16.5. The molecule has 0 aromatic carbocycles. The summed E-state index contributed by atoms with van der Waals surface area (Å²) < 4.78 is 5.96. The van der Waals surface area contributed by atoms with Crippen molar-refractivity contribution in [1.82, 2.24) is 10.3 Å². The number of pyridine rings is 1. The smallest absolute Gasteiger partial charge is 0.220 e. The standard InChI is InChI=1S/C20H30N2O2S2/c1-15-6-11-20(21-14-15)24-17-9-7-16(8-10-17)22-19(23)5-3-2-4-18-12-13-25-26-18/h6,11,14,16-18H,2-5,7-10,12-13H2,1H3,(H,22,23). The number of nitrogens with one attached hydrogen (secondary N) is 1. The molecule has 2 aliphatic rings. The fourth-order valence-electron chi connectivity index (χ4n) is 3.54. The lowest BCUT2D eigenvalue weighted by atomic mass is 9.93. The van der Waals surface area contributed by atoms with Gasteiger partial charge in [0, 0.05) is 35.7 Å². The lowest BCUT2D eigenvalue weighted by Gasteiger charge is -2.29. The minimum Gasteiger partial charge on any atom is -0.474 e. The summed E-state index contributed by atoms with van der Waals surface area (Å²) >= 11 is 0. The van der Waals surface area contributed by atoms with Crippen LogP contribution in [-0.2, 0) is 4.79 Å². The normalized spacial score (nSPS) is 25.8. The van der Waals surface area contributed by atoms with Crippen molar-refractivity contribution in [3.05, 3.63) is 23.9 Å². The molecule has 2 fully saturated rings. The fourth-order valence-corrected chi connectivity index (χ4v) is 6.57. The van der Waals surface area contributed by atoms with Gasteiger partial charge in [0.05, 0.1) is 0 Å². The second kappa shape index (κ2) is 10.5. The van der Waals surface area contributed by atoms with Gasteiger partial charge in [0.15, 0.2) is 0 Å². The second-order valence-corrected chi connectivity index (χ2v) is 10.2. The van der Waals surface area contributed by atoms with Crippen molar-refractivity contribution in [2.24, 2.45) is 0 Å². The molecule has 1 aromatic heterocycles. The van der Waals surface area contributed by atoms with Gasteiger partial charge in [-0.3, -0.25) is 4.79 Å². The van der Waals surface area contributed by atoms with E-state index < -0.39 is 0 Å². The van der Waals surface area contributed by atoms with Crippen LogP contribution in [0.2, 0.25) is 0 Å². The van der Waals surface area contributed by atoms with Gasteiger partial charge in [0.1, 0.15) is 6.10 Å². The highest BCUT2D eigenvalue weighted by Crippen LogP contribution is 2.39. The molecule has 1 aliphatic carbocycles. The lowest BCUT2D eigenvalue weighted by Crippen LogP contribution is -2.39. The molecular formula is C20H30N2O2S2. The summed E-state index contributed by atoms with van der Waals surface area (Å²) in [5.74, 6) is 2.23. The lowest BCUT2D eigenvalue weighted by molar-refractivity contribution is -0.122. The van der Waals surface area contributed by atoms with Gasteiger partial charge >= 0.3 is 0 Å². The SMILES string of the molecule is Cc1ccc(OC2CCC(NC(=O)CCCCC3CCSS3)CC2)nc1.